The molecular formula is C14H24N4O3. The fourth-order valence-electron chi connectivity index (χ4n) is 1.64. The Bertz CT molecular complexity index is 452. The highest BCUT2D eigenvalue weighted by atomic mass is 16.5. The molecule has 1 aromatic rings. The third kappa shape index (κ3) is 5.88. The van der Waals surface area contributed by atoms with Crippen molar-refractivity contribution >= 4 is 11.6 Å². The molecular weight excluding hydrogens is 272 g/mol. The number of hydrogen-bond donors (Lipinski definition) is 3. The number of guanidine groups is 1. The van der Waals surface area contributed by atoms with Gasteiger partial charge in [-0.15, -0.1) is 0 Å². The maximum atomic E-state index is 5.57. The van der Waals surface area contributed by atoms with Gasteiger partial charge in [0.15, 0.2) is 11.5 Å². The number of nitrogens with zero attached hydrogens (tertiary/aromatic N) is 1. The molecule has 7 nitrogen and oxygen atoms in total. The van der Waals surface area contributed by atoms with Crippen LogP contribution in [0.2, 0.25) is 0 Å². The fourth-order valence-corrected chi connectivity index (χ4v) is 1.64. The Kier molecular flexibility index (Phi) is 8.00. The normalized spacial score (nSPS) is 11.1. The van der Waals surface area contributed by atoms with Gasteiger partial charge in [-0.3, -0.25) is 5.43 Å². The molecule has 0 atom stereocenters. The SMILES string of the molecule is CCOc1ccc(NC(=NCCOC)NN)cc1OCC. The first kappa shape index (κ1) is 17.1. The van der Waals surface area contributed by atoms with E-state index in [2.05, 4.69) is 15.7 Å². The van der Waals surface area contributed by atoms with Crippen LogP contribution < -0.4 is 26.1 Å². The van der Waals surface area contributed by atoms with Crippen LogP contribution in [0.15, 0.2) is 23.2 Å². The van der Waals surface area contributed by atoms with E-state index in [1.165, 1.54) is 0 Å². The largest absolute Gasteiger partial charge is 0.490 e. The van der Waals surface area contributed by atoms with Crippen molar-refractivity contribution in [2.24, 2.45) is 10.8 Å². The molecule has 0 spiro atoms. The Hall–Kier alpha value is -1.99. The maximum absolute atomic E-state index is 5.57. The zero-order valence-corrected chi connectivity index (χ0v) is 12.8. The van der Waals surface area contributed by atoms with Crippen molar-refractivity contribution in [1.29, 1.82) is 0 Å². The lowest BCUT2D eigenvalue weighted by Crippen LogP contribution is -2.36. The third-order valence-corrected chi connectivity index (χ3v) is 2.51. The molecule has 0 bridgehead atoms. The third-order valence-electron chi connectivity index (χ3n) is 2.51. The summed E-state index contributed by atoms with van der Waals surface area (Å²) >= 11 is 0. The lowest BCUT2D eigenvalue weighted by molar-refractivity contribution is 0.208. The van der Waals surface area contributed by atoms with Crippen LogP contribution in [0.4, 0.5) is 5.69 Å². The molecule has 0 aliphatic carbocycles. The molecule has 0 aliphatic heterocycles. The molecule has 1 aromatic carbocycles. The summed E-state index contributed by atoms with van der Waals surface area (Å²) in [6.07, 6.45) is 0. The Morgan fingerprint density at radius 3 is 2.52 bits per heavy atom. The highest BCUT2D eigenvalue weighted by Crippen LogP contribution is 2.30. The Labute approximate surface area is 125 Å². The van der Waals surface area contributed by atoms with Gasteiger partial charge in [0.1, 0.15) is 0 Å². The molecule has 0 radical (unpaired) electrons. The summed E-state index contributed by atoms with van der Waals surface area (Å²) in [6, 6.07) is 5.56. The minimum Gasteiger partial charge on any atom is -0.490 e. The molecule has 21 heavy (non-hydrogen) atoms. The van der Waals surface area contributed by atoms with Crippen LogP contribution >= 0.6 is 0 Å². The minimum atomic E-state index is 0.457. The lowest BCUT2D eigenvalue weighted by atomic mass is 10.2. The van der Waals surface area contributed by atoms with Gasteiger partial charge in [0.25, 0.3) is 0 Å². The zero-order valence-electron chi connectivity index (χ0n) is 12.8. The zero-order chi connectivity index (χ0) is 15.5. The molecule has 118 valence electrons. The predicted molar refractivity (Wildman–Crippen MR) is 83.9 cm³/mol. The molecule has 0 amide bonds. The molecule has 0 heterocycles. The van der Waals surface area contributed by atoms with E-state index in [1.807, 2.05) is 32.0 Å². The Morgan fingerprint density at radius 1 is 1.19 bits per heavy atom. The summed E-state index contributed by atoms with van der Waals surface area (Å²) in [7, 11) is 1.62. The van der Waals surface area contributed by atoms with Crippen LogP contribution in [0.1, 0.15) is 13.8 Å². The van der Waals surface area contributed by atoms with E-state index in [1.54, 1.807) is 7.11 Å². The highest BCUT2D eigenvalue weighted by molar-refractivity contribution is 5.93. The number of hydrogen-bond acceptors (Lipinski definition) is 5. The summed E-state index contributed by atoms with van der Waals surface area (Å²) in [4.78, 5) is 4.23. The summed E-state index contributed by atoms with van der Waals surface area (Å²) in [5.74, 6) is 7.28. The number of ether oxygens (including phenoxy) is 3. The number of hydrazine groups is 1. The average molecular weight is 296 g/mol. The second-order valence-corrected chi connectivity index (χ2v) is 4.02. The van der Waals surface area contributed by atoms with Gasteiger partial charge >= 0.3 is 0 Å². The molecule has 0 saturated carbocycles. The summed E-state index contributed by atoms with van der Waals surface area (Å²) in [5.41, 5.74) is 3.31. The monoisotopic (exact) mass is 296 g/mol. The average Bonchev–Trinajstić information content (AvgIpc) is 2.49. The van der Waals surface area contributed by atoms with Crippen molar-refractivity contribution in [3.63, 3.8) is 0 Å². The second kappa shape index (κ2) is 9.84. The first-order valence-corrected chi connectivity index (χ1v) is 6.91. The van der Waals surface area contributed by atoms with Crippen molar-refractivity contribution < 1.29 is 14.2 Å². The van der Waals surface area contributed by atoms with Gasteiger partial charge in [-0.25, -0.2) is 10.8 Å². The van der Waals surface area contributed by atoms with Crippen LogP contribution in [0.25, 0.3) is 0 Å². The number of aliphatic imine (C=N–C) groups is 1. The molecule has 0 unspecified atom stereocenters. The highest BCUT2D eigenvalue weighted by Gasteiger charge is 2.07. The van der Waals surface area contributed by atoms with Crippen molar-refractivity contribution in [2.75, 3.05) is 38.8 Å². The summed E-state index contributed by atoms with van der Waals surface area (Å²) in [5, 5.41) is 3.08. The Morgan fingerprint density at radius 2 is 1.90 bits per heavy atom. The number of methoxy groups -OCH3 is 1. The molecule has 1 rings (SSSR count). The van der Waals surface area contributed by atoms with Crippen LogP contribution in [0, 0.1) is 0 Å². The van der Waals surface area contributed by atoms with Gasteiger partial charge in [-0.2, -0.15) is 0 Å². The van der Waals surface area contributed by atoms with Crippen LogP contribution in [-0.2, 0) is 4.74 Å². The van der Waals surface area contributed by atoms with Crippen molar-refractivity contribution in [3.05, 3.63) is 18.2 Å². The first-order chi connectivity index (χ1) is 10.2. The van der Waals surface area contributed by atoms with Gasteiger partial charge < -0.3 is 19.5 Å². The number of benzene rings is 1. The smallest absolute Gasteiger partial charge is 0.210 e. The second-order valence-electron chi connectivity index (χ2n) is 4.02. The van der Waals surface area contributed by atoms with E-state index in [-0.39, 0.29) is 0 Å². The molecule has 0 fully saturated rings. The number of anilines is 1. The fraction of sp³-hybridized carbons (Fsp3) is 0.500. The van der Waals surface area contributed by atoms with E-state index in [9.17, 15) is 0 Å². The number of nitrogens with one attached hydrogen (secondary N) is 2. The molecule has 0 aromatic heterocycles. The molecule has 7 heteroatoms. The van der Waals surface area contributed by atoms with Crippen LogP contribution in [0.3, 0.4) is 0 Å². The summed E-state index contributed by atoms with van der Waals surface area (Å²) in [6.45, 7) is 6.04. The minimum absolute atomic E-state index is 0.457. The van der Waals surface area contributed by atoms with Crippen molar-refractivity contribution in [2.45, 2.75) is 13.8 Å². The van der Waals surface area contributed by atoms with E-state index < -0.39 is 0 Å². The van der Waals surface area contributed by atoms with E-state index in [4.69, 9.17) is 20.1 Å². The van der Waals surface area contributed by atoms with Gasteiger partial charge in [-0.1, -0.05) is 0 Å². The van der Waals surface area contributed by atoms with Gasteiger partial charge in [0, 0.05) is 18.9 Å². The van der Waals surface area contributed by atoms with E-state index >= 15 is 0 Å². The molecule has 0 saturated heterocycles. The predicted octanol–water partition coefficient (Wildman–Crippen LogP) is 1.36. The Balaban J connectivity index is 2.82. The maximum Gasteiger partial charge on any atom is 0.210 e. The topological polar surface area (TPSA) is 90.1 Å². The number of nitrogens with two attached hydrogens (primary N) is 1. The van der Waals surface area contributed by atoms with E-state index in [0.29, 0.717) is 43.8 Å². The van der Waals surface area contributed by atoms with Gasteiger partial charge in [0.2, 0.25) is 5.96 Å². The van der Waals surface area contributed by atoms with Crippen LogP contribution in [0.5, 0.6) is 11.5 Å². The standard InChI is InChI=1S/C14H24N4O3/c1-4-20-12-7-6-11(10-13(12)21-5-2)17-14(18-15)16-8-9-19-3/h6-7,10H,4-5,8-9,15H2,1-3H3,(H2,16,17,18). The van der Waals surface area contributed by atoms with Gasteiger partial charge in [-0.05, 0) is 26.0 Å². The number of rotatable bonds is 8. The van der Waals surface area contributed by atoms with Crippen molar-refractivity contribution in [3.8, 4) is 11.5 Å². The first-order valence-electron chi connectivity index (χ1n) is 6.91. The molecule has 4 N–H and O–H groups in total. The van der Waals surface area contributed by atoms with Crippen molar-refractivity contribution in [1.82, 2.24) is 5.43 Å². The van der Waals surface area contributed by atoms with Gasteiger partial charge in [0.05, 0.1) is 26.4 Å². The lowest BCUT2D eigenvalue weighted by Gasteiger charge is -2.14. The van der Waals surface area contributed by atoms with E-state index in [0.717, 1.165) is 5.69 Å². The summed E-state index contributed by atoms with van der Waals surface area (Å²) < 4.78 is 16.0. The molecule has 0 aliphatic rings. The van der Waals surface area contributed by atoms with Crippen LogP contribution in [-0.4, -0.2) is 39.4 Å². The quantitative estimate of drug-likeness (QED) is 0.221.